The molecule has 2 saturated heterocycles. The van der Waals surface area contributed by atoms with Crippen LogP contribution in [0.15, 0.2) is 18.3 Å². The average molecular weight is 278 g/mol. The minimum absolute atomic E-state index is 0.0471. The molecule has 0 unspecified atom stereocenters. The molecule has 1 aromatic rings. The zero-order chi connectivity index (χ0) is 13.2. The van der Waals surface area contributed by atoms with Crippen LogP contribution in [-0.4, -0.2) is 41.6 Å². The maximum absolute atomic E-state index is 12.5. The van der Waals surface area contributed by atoms with Gasteiger partial charge in [0.2, 0.25) is 0 Å². The fourth-order valence-corrected chi connectivity index (χ4v) is 3.26. The number of hydrogen-bond acceptors (Lipinski definition) is 3. The Balaban J connectivity index is 1.75. The Morgan fingerprint density at radius 3 is 3.21 bits per heavy atom. The predicted octanol–water partition coefficient (Wildman–Crippen LogP) is 2.39. The molecule has 0 spiro atoms. The van der Waals surface area contributed by atoms with Crippen molar-refractivity contribution in [3.63, 3.8) is 0 Å². The molecule has 0 aromatic carbocycles. The van der Waals surface area contributed by atoms with E-state index in [9.17, 15) is 4.79 Å². The molecule has 19 heavy (non-hydrogen) atoms. The minimum Gasteiger partial charge on any atom is -0.378 e. The van der Waals surface area contributed by atoms with Crippen LogP contribution in [0.3, 0.4) is 0 Å². The number of aromatic nitrogens is 1. The molecule has 1 N–H and O–H groups in total. The van der Waals surface area contributed by atoms with Crippen LogP contribution in [0.5, 0.6) is 0 Å². The summed E-state index contributed by atoms with van der Waals surface area (Å²) in [5, 5.41) is 0. The molecule has 2 aliphatic heterocycles. The highest BCUT2D eigenvalue weighted by Crippen LogP contribution is 2.28. The SMILES string of the molecule is O=C(c1ccc[nH]c1=S)N1CC[C@H]2OCCC[C@@H]2C1. The molecular weight excluding hydrogens is 260 g/mol. The fraction of sp³-hybridized carbons (Fsp3) is 0.571. The zero-order valence-corrected chi connectivity index (χ0v) is 11.6. The van der Waals surface area contributed by atoms with Gasteiger partial charge in [-0.05, 0) is 31.4 Å². The third-order valence-electron chi connectivity index (χ3n) is 4.05. The van der Waals surface area contributed by atoms with E-state index in [4.69, 9.17) is 17.0 Å². The van der Waals surface area contributed by atoms with Gasteiger partial charge in [0.15, 0.2) is 0 Å². The van der Waals surface area contributed by atoms with E-state index in [-0.39, 0.29) is 5.91 Å². The first kappa shape index (κ1) is 12.8. The van der Waals surface area contributed by atoms with Crippen LogP contribution in [0.25, 0.3) is 0 Å². The van der Waals surface area contributed by atoms with Crippen LogP contribution in [-0.2, 0) is 4.74 Å². The lowest BCUT2D eigenvalue weighted by molar-refractivity contribution is -0.0607. The Kier molecular flexibility index (Phi) is 3.66. The van der Waals surface area contributed by atoms with E-state index in [1.54, 1.807) is 12.3 Å². The molecular formula is C14H18N2O2S. The Hall–Kier alpha value is -1.20. The summed E-state index contributed by atoms with van der Waals surface area (Å²) in [6.07, 6.45) is 5.31. The number of carbonyl (C=O) groups is 1. The van der Waals surface area contributed by atoms with Gasteiger partial charge in [-0.25, -0.2) is 0 Å². The lowest BCUT2D eigenvalue weighted by Gasteiger charge is -2.41. The van der Waals surface area contributed by atoms with E-state index in [1.165, 1.54) is 0 Å². The van der Waals surface area contributed by atoms with Crippen molar-refractivity contribution in [3.05, 3.63) is 28.5 Å². The molecule has 2 aliphatic rings. The number of ether oxygens (including phenoxy) is 1. The normalized spacial score (nSPS) is 26.8. The van der Waals surface area contributed by atoms with Gasteiger partial charge < -0.3 is 14.6 Å². The maximum atomic E-state index is 12.5. The van der Waals surface area contributed by atoms with E-state index in [0.29, 0.717) is 22.2 Å². The van der Waals surface area contributed by atoms with Gasteiger partial charge in [-0.15, -0.1) is 0 Å². The third-order valence-corrected chi connectivity index (χ3v) is 4.39. The molecule has 0 saturated carbocycles. The van der Waals surface area contributed by atoms with Crippen molar-refractivity contribution in [3.8, 4) is 0 Å². The van der Waals surface area contributed by atoms with Gasteiger partial charge in [-0.1, -0.05) is 12.2 Å². The number of pyridine rings is 1. The van der Waals surface area contributed by atoms with Gasteiger partial charge in [0.1, 0.15) is 4.64 Å². The maximum Gasteiger partial charge on any atom is 0.256 e. The second-order valence-electron chi connectivity index (χ2n) is 5.26. The lowest BCUT2D eigenvalue weighted by atomic mass is 9.88. The molecule has 5 heteroatoms. The number of H-pyrrole nitrogens is 1. The summed E-state index contributed by atoms with van der Waals surface area (Å²) in [7, 11) is 0. The largest absolute Gasteiger partial charge is 0.378 e. The first-order valence-electron chi connectivity index (χ1n) is 6.84. The molecule has 0 aliphatic carbocycles. The predicted molar refractivity (Wildman–Crippen MR) is 74.6 cm³/mol. The highest BCUT2D eigenvalue weighted by atomic mass is 32.1. The highest BCUT2D eigenvalue weighted by Gasteiger charge is 2.34. The van der Waals surface area contributed by atoms with Gasteiger partial charge in [0.25, 0.3) is 5.91 Å². The van der Waals surface area contributed by atoms with Crippen LogP contribution in [0.1, 0.15) is 29.6 Å². The van der Waals surface area contributed by atoms with E-state index >= 15 is 0 Å². The Morgan fingerprint density at radius 1 is 1.47 bits per heavy atom. The van der Waals surface area contributed by atoms with Crippen molar-refractivity contribution in [1.29, 1.82) is 0 Å². The van der Waals surface area contributed by atoms with Crippen molar-refractivity contribution in [2.45, 2.75) is 25.4 Å². The van der Waals surface area contributed by atoms with E-state index in [2.05, 4.69) is 4.98 Å². The molecule has 1 amide bonds. The lowest BCUT2D eigenvalue weighted by Crippen LogP contribution is -2.48. The van der Waals surface area contributed by atoms with Crippen molar-refractivity contribution < 1.29 is 9.53 Å². The van der Waals surface area contributed by atoms with Crippen molar-refractivity contribution in [2.24, 2.45) is 5.92 Å². The molecule has 3 rings (SSSR count). The van der Waals surface area contributed by atoms with Crippen LogP contribution in [0.2, 0.25) is 0 Å². The van der Waals surface area contributed by atoms with Crippen LogP contribution in [0.4, 0.5) is 0 Å². The van der Waals surface area contributed by atoms with Crippen molar-refractivity contribution >= 4 is 18.1 Å². The number of likely N-dealkylation sites (tertiary alicyclic amines) is 1. The number of hydrogen-bond donors (Lipinski definition) is 1. The minimum atomic E-state index is 0.0471. The van der Waals surface area contributed by atoms with Crippen molar-refractivity contribution in [1.82, 2.24) is 9.88 Å². The number of carbonyl (C=O) groups excluding carboxylic acids is 1. The van der Waals surface area contributed by atoms with Gasteiger partial charge in [0, 0.05) is 31.8 Å². The number of rotatable bonds is 1. The van der Waals surface area contributed by atoms with Crippen molar-refractivity contribution in [2.75, 3.05) is 19.7 Å². The summed E-state index contributed by atoms with van der Waals surface area (Å²) in [5.41, 5.74) is 0.604. The summed E-state index contributed by atoms with van der Waals surface area (Å²) in [5.74, 6) is 0.540. The molecule has 0 bridgehead atoms. The fourth-order valence-electron chi connectivity index (χ4n) is 3.03. The second-order valence-corrected chi connectivity index (χ2v) is 5.67. The monoisotopic (exact) mass is 278 g/mol. The topological polar surface area (TPSA) is 45.3 Å². The quantitative estimate of drug-likeness (QED) is 0.802. The molecule has 0 radical (unpaired) electrons. The summed E-state index contributed by atoms with van der Waals surface area (Å²) in [6.45, 7) is 2.44. The third kappa shape index (κ3) is 2.58. The Bertz CT molecular complexity index is 528. The van der Waals surface area contributed by atoms with E-state index in [0.717, 1.165) is 39.0 Å². The Labute approximate surface area is 117 Å². The van der Waals surface area contributed by atoms with Crippen LogP contribution < -0.4 is 0 Å². The molecule has 2 atom stereocenters. The first-order valence-corrected chi connectivity index (χ1v) is 7.25. The molecule has 2 fully saturated rings. The standard InChI is InChI=1S/C14H18N2O2S/c17-14(11-4-1-6-15-13(11)19)16-7-5-12-10(9-16)3-2-8-18-12/h1,4,6,10,12H,2-3,5,7-9H2,(H,15,19)/t10-,12-/m1/s1. The van der Waals surface area contributed by atoms with Crippen LogP contribution in [0, 0.1) is 10.6 Å². The van der Waals surface area contributed by atoms with E-state index < -0.39 is 0 Å². The van der Waals surface area contributed by atoms with Crippen LogP contribution >= 0.6 is 12.2 Å². The highest BCUT2D eigenvalue weighted by molar-refractivity contribution is 7.71. The first-order chi connectivity index (χ1) is 9.25. The molecule has 1 aromatic heterocycles. The summed E-state index contributed by atoms with van der Waals surface area (Å²) < 4.78 is 6.30. The number of amides is 1. The number of piperidine rings is 1. The number of fused-ring (bicyclic) bond motifs is 1. The second kappa shape index (κ2) is 5.43. The summed E-state index contributed by atoms with van der Waals surface area (Å²) in [6, 6.07) is 3.62. The number of nitrogens with zero attached hydrogens (tertiary/aromatic N) is 1. The van der Waals surface area contributed by atoms with E-state index in [1.807, 2.05) is 11.0 Å². The molecule has 102 valence electrons. The molecule has 3 heterocycles. The van der Waals surface area contributed by atoms with Gasteiger partial charge in [-0.3, -0.25) is 4.79 Å². The Morgan fingerprint density at radius 2 is 2.37 bits per heavy atom. The molecule has 4 nitrogen and oxygen atoms in total. The smallest absolute Gasteiger partial charge is 0.256 e. The van der Waals surface area contributed by atoms with Gasteiger partial charge >= 0.3 is 0 Å². The number of aromatic amines is 1. The summed E-state index contributed by atoms with van der Waals surface area (Å²) >= 11 is 5.18. The van der Waals surface area contributed by atoms with Gasteiger partial charge in [-0.2, -0.15) is 0 Å². The number of nitrogens with one attached hydrogen (secondary N) is 1. The van der Waals surface area contributed by atoms with Gasteiger partial charge in [0.05, 0.1) is 11.7 Å². The average Bonchev–Trinajstić information content (AvgIpc) is 2.46. The zero-order valence-electron chi connectivity index (χ0n) is 10.8. The summed E-state index contributed by atoms with van der Waals surface area (Å²) in [4.78, 5) is 17.3.